The van der Waals surface area contributed by atoms with Crippen molar-refractivity contribution < 1.29 is 32.1 Å². The fourth-order valence-corrected chi connectivity index (χ4v) is 3.62. The highest BCUT2D eigenvalue weighted by Gasteiger charge is 2.40. The summed E-state index contributed by atoms with van der Waals surface area (Å²) in [7, 11) is 0. The molecule has 0 amide bonds. The van der Waals surface area contributed by atoms with Crippen molar-refractivity contribution in [1.82, 2.24) is 10.2 Å². The van der Waals surface area contributed by atoms with Gasteiger partial charge in [-0.15, -0.1) is 16.6 Å². The van der Waals surface area contributed by atoms with Crippen LogP contribution in [0.2, 0.25) is 0 Å². The van der Waals surface area contributed by atoms with E-state index in [9.17, 15) is 22.7 Å². The number of hydrogen-bond acceptors (Lipinski definition) is 6. The molecule has 6 nitrogen and oxygen atoms in total. The number of benzene rings is 1. The third-order valence-corrected chi connectivity index (χ3v) is 5.11. The summed E-state index contributed by atoms with van der Waals surface area (Å²) in [5.74, 6) is 2.02. The molecule has 1 saturated carbocycles. The van der Waals surface area contributed by atoms with Crippen LogP contribution < -0.4 is 10.1 Å². The molecule has 1 heterocycles. The molecular formula is C22H23F4N3O3. The number of ether oxygens (including phenoxy) is 2. The van der Waals surface area contributed by atoms with E-state index < -0.39 is 41.1 Å². The Labute approximate surface area is 183 Å². The number of hydrogen-bond donors (Lipinski definition) is 2. The summed E-state index contributed by atoms with van der Waals surface area (Å²) in [6.45, 7) is 3.49. The Hall–Kier alpha value is -2.90. The van der Waals surface area contributed by atoms with Crippen LogP contribution in [0.15, 0.2) is 18.2 Å². The normalized spacial score (nSPS) is 20.2. The molecule has 10 heteroatoms. The number of halogens is 4. The van der Waals surface area contributed by atoms with Gasteiger partial charge in [0, 0.05) is 23.8 Å². The van der Waals surface area contributed by atoms with Gasteiger partial charge in [-0.3, -0.25) is 0 Å². The summed E-state index contributed by atoms with van der Waals surface area (Å²) in [5.41, 5.74) is -2.82. The molecule has 2 N–H and O–H groups in total. The average molecular weight is 453 g/mol. The van der Waals surface area contributed by atoms with Crippen molar-refractivity contribution in [1.29, 1.82) is 0 Å². The fourth-order valence-electron chi connectivity index (χ4n) is 3.62. The third kappa shape index (κ3) is 5.11. The molecule has 3 rings (SSSR count). The van der Waals surface area contributed by atoms with Crippen molar-refractivity contribution in [3.05, 3.63) is 34.9 Å². The lowest BCUT2D eigenvalue weighted by molar-refractivity contribution is -0.0236. The zero-order chi connectivity index (χ0) is 23.5. The van der Waals surface area contributed by atoms with Crippen LogP contribution in [0.5, 0.6) is 5.75 Å². The van der Waals surface area contributed by atoms with Gasteiger partial charge in [-0.2, -0.15) is 0 Å². The van der Waals surface area contributed by atoms with Gasteiger partial charge in [0.15, 0.2) is 12.6 Å². The molecule has 0 radical (unpaired) electrons. The highest BCUT2D eigenvalue weighted by atomic mass is 19.3. The highest BCUT2D eigenvalue weighted by molar-refractivity contribution is 5.74. The van der Waals surface area contributed by atoms with Crippen LogP contribution in [0.25, 0.3) is 11.3 Å². The van der Waals surface area contributed by atoms with Crippen molar-refractivity contribution in [3.63, 3.8) is 0 Å². The summed E-state index contributed by atoms with van der Waals surface area (Å²) in [6, 6.07) is 3.87. The maximum absolute atomic E-state index is 14.1. The lowest BCUT2D eigenvalue weighted by Crippen LogP contribution is -2.48. The largest absolute Gasteiger partial charge is 0.467 e. The highest BCUT2D eigenvalue weighted by Crippen LogP contribution is 2.43. The number of alkyl halides is 4. The minimum absolute atomic E-state index is 0.0338. The third-order valence-electron chi connectivity index (χ3n) is 5.11. The quantitative estimate of drug-likeness (QED) is 0.248. The van der Waals surface area contributed by atoms with Crippen molar-refractivity contribution in [2.75, 3.05) is 18.7 Å². The molecule has 1 aliphatic carbocycles. The van der Waals surface area contributed by atoms with Gasteiger partial charge in [-0.05, 0) is 44.9 Å². The van der Waals surface area contributed by atoms with E-state index in [2.05, 4.69) is 21.4 Å². The molecule has 0 spiro atoms. The summed E-state index contributed by atoms with van der Waals surface area (Å²) < 4.78 is 66.7. The van der Waals surface area contributed by atoms with Crippen LogP contribution in [0.3, 0.4) is 0 Å². The van der Waals surface area contributed by atoms with E-state index in [1.54, 1.807) is 13.8 Å². The first kappa shape index (κ1) is 23.8. The Morgan fingerprint density at radius 1 is 1.22 bits per heavy atom. The topological polar surface area (TPSA) is 76.5 Å². The van der Waals surface area contributed by atoms with Gasteiger partial charge in [0.1, 0.15) is 11.4 Å². The van der Waals surface area contributed by atoms with Crippen LogP contribution >= 0.6 is 0 Å². The molecule has 0 atom stereocenters. The molecule has 0 aliphatic heterocycles. The summed E-state index contributed by atoms with van der Waals surface area (Å²) in [6.07, 6.45) is -0.566. The molecule has 1 aromatic carbocycles. The van der Waals surface area contributed by atoms with Crippen molar-refractivity contribution >= 4 is 5.82 Å². The zero-order valence-corrected chi connectivity index (χ0v) is 17.5. The van der Waals surface area contributed by atoms with Crippen LogP contribution in [0, 0.1) is 12.3 Å². The Morgan fingerprint density at radius 2 is 1.91 bits per heavy atom. The predicted molar refractivity (Wildman–Crippen MR) is 110 cm³/mol. The zero-order valence-electron chi connectivity index (χ0n) is 17.5. The summed E-state index contributed by atoms with van der Waals surface area (Å²) >= 11 is 0. The summed E-state index contributed by atoms with van der Waals surface area (Å²) in [4.78, 5) is 0. The molecule has 172 valence electrons. The molecule has 0 bridgehead atoms. The molecule has 0 unspecified atom stereocenters. The molecule has 32 heavy (non-hydrogen) atoms. The van der Waals surface area contributed by atoms with Gasteiger partial charge in [-0.25, -0.2) is 17.6 Å². The standard InChI is InChI=1S/C22H23F4N3O3/c1-4-12-6-7-14(15(8-12)32-11-31-5-2)18-16(19(23)24)17(20(25)26)21(29-28-18)27-13-9-22(3,30)10-13/h1,6-8,13,19-20,30H,5,9-11H2,2-3H3,(H,27,29). The van der Waals surface area contributed by atoms with Crippen molar-refractivity contribution in [3.8, 4) is 29.4 Å². The van der Waals surface area contributed by atoms with Gasteiger partial charge in [0.05, 0.1) is 16.7 Å². The molecular weight excluding hydrogens is 430 g/mol. The lowest BCUT2D eigenvalue weighted by Gasteiger charge is -2.41. The second-order valence-electron chi connectivity index (χ2n) is 7.68. The maximum Gasteiger partial charge on any atom is 0.268 e. The van der Waals surface area contributed by atoms with E-state index in [1.165, 1.54) is 18.2 Å². The van der Waals surface area contributed by atoms with Crippen LogP contribution in [-0.2, 0) is 4.74 Å². The second-order valence-corrected chi connectivity index (χ2v) is 7.68. The number of aliphatic hydroxyl groups is 1. The Balaban J connectivity index is 2.09. The van der Waals surface area contributed by atoms with E-state index in [-0.39, 0.29) is 37.0 Å². The van der Waals surface area contributed by atoms with Gasteiger partial charge in [-0.1, -0.05) is 5.92 Å². The molecule has 1 aromatic heterocycles. The average Bonchev–Trinajstić information content (AvgIpc) is 2.72. The van der Waals surface area contributed by atoms with E-state index in [1.807, 2.05) is 0 Å². The SMILES string of the molecule is C#Cc1ccc(-c2nnc(NC3CC(C)(O)C3)c(C(F)F)c2C(F)F)c(OCOCC)c1. The molecule has 1 fully saturated rings. The van der Waals surface area contributed by atoms with Gasteiger partial charge in [0.25, 0.3) is 12.9 Å². The minimum Gasteiger partial charge on any atom is -0.467 e. The smallest absolute Gasteiger partial charge is 0.268 e. The van der Waals surface area contributed by atoms with Crippen LogP contribution in [0.4, 0.5) is 23.4 Å². The lowest BCUT2D eigenvalue weighted by atomic mass is 9.77. The van der Waals surface area contributed by atoms with Crippen molar-refractivity contribution in [2.45, 2.75) is 51.2 Å². The summed E-state index contributed by atoms with van der Waals surface area (Å²) in [5, 5.41) is 20.2. The first-order valence-corrected chi connectivity index (χ1v) is 9.94. The number of nitrogens with one attached hydrogen (secondary N) is 1. The van der Waals surface area contributed by atoms with Crippen LogP contribution in [0.1, 0.15) is 56.2 Å². The number of terminal acetylenes is 1. The molecule has 1 aliphatic rings. The monoisotopic (exact) mass is 453 g/mol. The maximum atomic E-state index is 14.1. The number of anilines is 1. The van der Waals surface area contributed by atoms with E-state index >= 15 is 0 Å². The van der Waals surface area contributed by atoms with E-state index in [0.717, 1.165) is 0 Å². The second kappa shape index (κ2) is 9.71. The van der Waals surface area contributed by atoms with Crippen molar-refractivity contribution in [2.24, 2.45) is 0 Å². The minimum atomic E-state index is -3.26. The first-order valence-electron chi connectivity index (χ1n) is 9.94. The van der Waals surface area contributed by atoms with Gasteiger partial charge >= 0.3 is 0 Å². The van der Waals surface area contributed by atoms with E-state index in [0.29, 0.717) is 12.2 Å². The van der Waals surface area contributed by atoms with Gasteiger partial charge in [0.2, 0.25) is 0 Å². The Morgan fingerprint density at radius 3 is 2.47 bits per heavy atom. The number of rotatable bonds is 9. The van der Waals surface area contributed by atoms with Gasteiger partial charge < -0.3 is 19.9 Å². The number of nitrogens with zero attached hydrogens (tertiary/aromatic N) is 2. The fraction of sp³-hybridized carbons (Fsp3) is 0.455. The Bertz CT molecular complexity index is 1000. The predicted octanol–water partition coefficient (Wildman–Crippen LogP) is 4.70. The van der Waals surface area contributed by atoms with Crippen LogP contribution in [-0.4, -0.2) is 40.3 Å². The molecule has 2 aromatic rings. The Kier molecular flexibility index (Phi) is 7.21. The van der Waals surface area contributed by atoms with E-state index in [4.69, 9.17) is 15.9 Å². The molecule has 0 saturated heterocycles. The first-order chi connectivity index (χ1) is 15.2. The number of aromatic nitrogens is 2.